The SMILES string of the molecule is Cc1ccc(N2CCN(CCC(C)n3nncc3-c3ccccc3Cl)CC2)cc1C. The highest BCUT2D eigenvalue weighted by atomic mass is 35.5. The predicted octanol–water partition coefficient (Wildman–Crippen LogP) is 4.99. The van der Waals surface area contributed by atoms with Crippen LogP contribution in [0.25, 0.3) is 11.3 Å². The van der Waals surface area contributed by atoms with Crippen molar-refractivity contribution < 1.29 is 0 Å². The Morgan fingerprint density at radius 1 is 1.00 bits per heavy atom. The van der Waals surface area contributed by atoms with E-state index in [1.807, 2.05) is 28.9 Å². The Labute approximate surface area is 184 Å². The summed E-state index contributed by atoms with van der Waals surface area (Å²) in [5, 5.41) is 9.22. The van der Waals surface area contributed by atoms with Crippen LogP contribution in [0.1, 0.15) is 30.5 Å². The van der Waals surface area contributed by atoms with Crippen LogP contribution in [-0.4, -0.2) is 52.6 Å². The van der Waals surface area contributed by atoms with E-state index in [2.05, 4.69) is 59.1 Å². The Bertz CT molecular complexity index is 991. The van der Waals surface area contributed by atoms with Crippen LogP contribution < -0.4 is 4.90 Å². The molecule has 3 aromatic rings. The second-order valence-corrected chi connectivity index (χ2v) is 8.69. The number of anilines is 1. The molecule has 1 aromatic heterocycles. The highest BCUT2D eigenvalue weighted by Crippen LogP contribution is 2.29. The molecule has 2 aromatic carbocycles. The highest BCUT2D eigenvalue weighted by molar-refractivity contribution is 6.33. The fourth-order valence-corrected chi connectivity index (χ4v) is 4.31. The summed E-state index contributed by atoms with van der Waals surface area (Å²) in [4.78, 5) is 5.06. The molecular formula is C24H30ClN5. The molecule has 0 saturated carbocycles. The minimum Gasteiger partial charge on any atom is -0.369 e. The predicted molar refractivity (Wildman–Crippen MR) is 124 cm³/mol. The van der Waals surface area contributed by atoms with E-state index in [-0.39, 0.29) is 6.04 Å². The molecule has 0 spiro atoms. The quantitative estimate of drug-likeness (QED) is 0.559. The first kappa shape index (κ1) is 20.9. The van der Waals surface area contributed by atoms with Gasteiger partial charge in [-0.25, -0.2) is 4.68 Å². The van der Waals surface area contributed by atoms with Gasteiger partial charge in [0, 0.05) is 44.0 Å². The number of halogens is 1. The highest BCUT2D eigenvalue weighted by Gasteiger charge is 2.20. The third-order valence-corrected chi connectivity index (χ3v) is 6.56. The molecule has 5 nitrogen and oxygen atoms in total. The second-order valence-electron chi connectivity index (χ2n) is 8.28. The van der Waals surface area contributed by atoms with Gasteiger partial charge in [-0.2, -0.15) is 0 Å². The summed E-state index contributed by atoms with van der Waals surface area (Å²) in [5.74, 6) is 0. The van der Waals surface area contributed by atoms with E-state index in [0.717, 1.165) is 55.4 Å². The third-order valence-electron chi connectivity index (χ3n) is 6.23. The third kappa shape index (κ3) is 4.52. The molecule has 1 unspecified atom stereocenters. The van der Waals surface area contributed by atoms with Gasteiger partial charge in [0.15, 0.2) is 0 Å². The Kier molecular flexibility index (Phi) is 6.40. The molecule has 0 aliphatic carbocycles. The van der Waals surface area contributed by atoms with Crippen molar-refractivity contribution in [3.05, 3.63) is 64.8 Å². The van der Waals surface area contributed by atoms with E-state index in [1.165, 1.54) is 16.8 Å². The second kappa shape index (κ2) is 9.19. The normalized spacial score (nSPS) is 16.1. The van der Waals surface area contributed by atoms with Gasteiger partial charge in [0.1, 0.15) is 0 Å². The van der Waals surface area contributed by atoms with Gasteiger partial charge in [-0.15, -0.1) is 5.10 Å². The van der Waals surface area contributed by atoms with Gasteiger partial charge in [0.25, 0.3) is 0 Å². The summed E-state index contributed by atoms with van der Waals surface area (Å²) in [7, 11) is 0. The summed E-state index contributed by atoms with van der Waals surface area (Å²) in [5.41, 5.74) is 6.03. The average molecular weight is 424 g/mol. The molecule has 1 aliphatic rings. The van der Waals surface area contributed by atoms with Crippen molar-refractivity contribution in [2.24, 2.45) is 0 Å². The number of benzene rings is 2. The Hall–Kier alpha value is -2.37. The molecular weight excluding hydrogens is 394 g/mol. The first-order chi connectivity index (χ1) is 14.5. The summed E-state index contributed by atoms with van der Waals surface area (Å²) in [6.45, 7) is 12.0. The van der Waals surface area contributed by atoms with E-state index in [1.54, 1.807) is 6.20 Å². The summed E-state index contributed by atoms with van der Waals surface area (Å²) in [6.07, 6.45) is 2.84. The molecule has 1 saturated heterocycles. The molecule has 0 amide bonds. The van der Waals surface area contributed by atoms with Crippen molar-refractivity contribution in [1.82, 2.24) is 19.9 Å². The lowest BCUT2D eigenvalue weighted by molar-refractivity contribution is 0.238. The van der Waals surface area contributed by atoms with Crippen molar-refractivity contribution in [1.29, 1.82) is 0 Å². The van der Waals surface area contributed by atoms with Gasteiger partial charge in [0.05, 0.1) is 23.0 Å². The molecule has 158 valence electrons. The fraction of sp³-hybridized carbons (Fsp3) is 0.417. The van der Waals surface area contributed by atoms with Gasteiger partial charge in [-0.05, 0) is 56.5 Å². The zero-order chi connectivity index (χ0) is 21.1. The standard InChI is InChI=1S/C24H30ClN5/c1-18-8-9-21(16-19(18)2)29-14-12-28(13-15-29)11-10-20(3)30-24(17-26-27-30)22-6-4-5-7-23(22)25/h4-9,16-17,20H,10-15H2,1-3H3. The number of aromatic nitrogens is 3. The van der Waals surface area contributed by atoms with Crippen LogP contribution in [0.2, 0.25) is 5.02 Å². The van der Waals surface area contributed by atoms with Crippen molar-refractivity contribution in [3.63, 3.8) is 0 Å². The monoisotopic (exact) mass is 423 g/mol. The van der Waals surface area contributed by atoms with Gasteiger partial charge in [-0.1, -0.05) is 41.1 Å². The number of hydrogen-bond acceptors (Lipinski definition) is 4. The van der Waals surface area contributed by atoms with Crippen LogP contribution in [0, 0.1) is 13.8 Å². The molecule has 1 atom stereocenters. The van der Waals surface area contributed by atoms with Gasteiger partial charge in [0.2, 0.25) is 0 Å². The smallest absolute Gasteiger partial charge is 0.0903 e. The molecule has 0 radical (unpaired) electrons. The summed E-state index contributed by atoms with van der Waals surface area (Å²) >= 11 is 6.39. The molecule has 4 rings (SSSR count). The largest absolute Gasteiger partial charge is 0.369 e. The lowest BCUT2D eigenvalue weighted by Crippen LogP contribution is -2.46. The molecule has 30 heavy (non-hydrogen) atoms. The summed E-state index contributed by atoms with van der Waals surface area (Å²) < 4.78 is 2.01. The van der Waals surface area contributed by atoms with E-state index in [9.17, 15) is 0 Å². The Morgan fingerprint density at radius 3 is 2.50 bits per heavy atom. The van der Waals surface area contributed by atoms with E-state index in [0.29, 0.717) is 0 Å². The molecule has 1 fully saturated rings. The average Bonchev–Trinajstić information content (AvgIpc) is 3.24. The topological polar surface area (TPSA) is 37.2 Å². The van der Waals surface area contributed by atoms with E-state index in [4.69, 9.17) is 11.6 Å². The Morgan fingerprint density at radius 2 is 1.77 bits per heavy atom. The van der Waals surface area contributed by atoms with Gasteiger partial charge >= 0.3 is 0 Å². The number of rotatable bonds is 6. The van der Waals surface area contributed by atoms with Gasteiger partial charge in [-0.3, -0.25) is 4.90 Å². The maximum atomic E-state index is 6.39. The van der Waals surface area contributed by atoms with Crippen LogP contribution >= 0.6 is 11.6 Å². The fourth-order valence-electron chi connectivity index (χ4n) is 4.07. The zero-order valence-corrected chi connectivity index (χ0v) is 18.8. The van der Waals surface area contributed by atoms with Crippen LogP contribution in [-0.2, 0) is 0 Å². The number of hydrogen-bond donors (Lipinski definition) is 0. The number of nitrogens with zero attached hydrogens (tertiary/aromatic N) is 5. The molecule has 0 N–H and O–H groups in total. The number of aryl methyl sites for hydroxylation is 2. The minimum atomic E-state index is 0.261. The van der Waals surface area contributed by atoms with Crippen molar-refractivity contribution >= 4 is 17.3 Å². The van der Waals surface area contributed by atoms with E-state index < -0.39 is 0 Å². The van der Waals surface area contributed by atoms with Crippen LogP contribution in [0.4, 0.5) is 5.69 Å². The first-order valence-corrected chi connectivity index (χ1v) is 11.1. The van der Waals surface area contributed by atoms with E-state index >= 15 is 0 Å². The first-order valence-electron chi connectivity index (χ1n) is 10.7. The Balaban J connectivity index is 1.33. The molecule has 2 heterocycles. The minimum absolute atomic E-state index is 0.261. The number of piperazine rings is 1. The molecule has 0 bridgehead atoms. The van der Waals surface area contributed by atoms with Crippen molar-refractivity contribution in [2.75, 3.05) is 37.6 Å². The lowest BCUT2D eigenvalue weighted by Gasteiger charge is -2.36. The molecule has 1 aliphatic heterocycles. The van der Waals surface area contributed by atoms with Crippen LogP contribution in [0.15, 0.2) is 48.7 Å². The van der Waals surface area contributed by atoms with Gasteiger partial charge < -0.3 is 4.90 Å². The maximum absolute atomic E-state index is 6.39. The zero-order valence-electron chi connectivity index (χ0n) is 18.1. The van der Waals surface area contributed by atoms with Crippen molar-refractivity contribution in [2.45, 2.75) is 33.2 Å². The van der Waals surface area contributed by atoms with Crippen LogP contribution in [0.3, 0.4) is 0 Å². The van der Waals surface area contributed by atoms with Crippen molar-refractivity contribution in [3.8, 4) is 11.3 Å². The van der Waals surface area contributed by atoms with Crippen LogP contribution in [0.5, 0.6) is 0 Å². The summed E-state index contributed by atoms with van der Waals surface area (Å²) in [6, 6.07) is 14.9. The lowest BCUT2D eigenvalue weighted by atomic mass is 10.1. The maximum Gasteiger partial charge on any atom is 0.0903 e. The molecule has 6 heteroatoms.